The Hall–Kier alpha value is -3.61. The summed E-state index contributed by atoms with van der Waals surface area (Å²) in [7, 11) is 1.57. The number of carbonyl (C=O) groups is 2. The molecule has 0 fully saturated rings. The average Bonchev–Trinajstić information content (AvgIpc) is 3.10. The number of likely N-dealkylation sites (N-methyl/N-ethyl adjacent to an activating group) is 1. The van der Waals surface area contributed by atoms with Crippen molar-refractivity contribution in [3.8, 4) is 5.75 Å². The highest BCUT2D eigenvalue weighted by Crippen LogP contribution is 2.17. The van der Waals surface area contributed by atoms with Crippen LogP contribution in [0.2, 0.25) is 0 Å². The lowest BCUT2D eigenvalue weighted by Gasteiger charge is -2.17. The lowest BCUT2D eigenvalue weighted by atomic mass is 10.1. The summed E-state index contributed by atoms with van der Waals surface area (Å²) in [5, 5.41) is 6.29. The number of nitrogens with one attached hydrogen (secondary N) is 1. The van der Waals surface area contributed by atoms with Crippen molar-refractivity contribution in [3.63, 3.8) is 0 Å². The van der Waals surface area contributed by atoms with Gasteiger partial charge in [0.1, 0.15) is 18.1 Å². The van der Waals surface area contributed by atoms with E-state index < -0.39 is 0 Å². The summed E-state index contributed by atoms with van der Waals surface area (Å²) in [5.74, 6) is 0.860. The zero-order valence-electron chi connectivity index (χ0n) is 16.6. The van der Waals surface area contributed by atoms with E-state index in [0.717, 1.165) is 11.1 Å². The number of nitrogens with zero attached hydrogens (tertiary/aromatic N) is 2. The van der Waals surface area contributed by atoms with Crippen LogP contribution >= 0.6 is 0 Å². The van der Waals surface area contributed by atoms with Crippen LogP contribution in [0.3, 0.4) is 0 Å². The largest absolute Gasteiger partial charge is 0.489 e. The van der Waals surface area contributed by atoms with Crippen molar-refractivity contribution in [3.05, 3.63) is 77.0 Å². The SMILES string of the molecule is Cc1cccc(COc2cccc(C(=O)N(C)CC(=O)Nc3cc(C)on3)c2)c1. The minimum atomic E-state index is -0.360. The molecule has 0 spiro atoms. The van der Waals surface area contributed by atoms with Crippen molar-refractivity contribution in [2.45, 2.75) is 20.5 Å². The summed E-state index contributed by atoms with van der Waals surface area (Å²) >= 11 is 0. The smallest absolute Gasteiger partial charge is 0.254 e. The van der Waals surface area contributed by atoms with Gasteiger partial charge in [-0.15, -0.1) is 0 Å². The van der Waals surface area contributed by atoms with Gasteiger partial charge < -0.3 is 19.5 Å². The number of carbonyl (C=O) groups excluding carboxylic acids is 2. The van der Waals surface area contributed by atoms with Gasteiger partial charge in [0.25, 0.3) is 5.91 Å². The zero-order valence-corrected chi connectivity index (χ0v) is 16.6. The Morgan fingerprint density at radius 3 is 2.62 bits per heavy atom. The monoisotopic (exact) mass is 393 g/mol. The Morgan fingerprint density at radius 2 is 1.90 bits per heavy atom. The summed E-state index contributed by atoms with van der Waals surface area (Å²) in [4.78, 5) is 26.1. The molecule has 2 amide bonds. The molecule has 0 unspecified atom stereocenters. The minimum Gasteiger partial charge on any atom is -0.489 e. The third kappa shape index (κ3) is 5.68. The molecule has 7 nitrogen and oxygen atoms in total. The van der Waals surface area contributed by atoms with E-state index in [9.17, 15) is 9.59 Å². The Kier molecular flexibility index (Phi) is 6.29. The van der Waals surface area contributed by atoms with Crippen LogP contribution in [0.25, 0.3) is 0 Å². The summed E-state index contributed by atoms with van der Waals surface area (Å²) < 4.78 is 10.7. The Labute approximate surface area is 169 Å². The van der Waals surface area contributed by atoms with E-state index in [1.807, 2.05) is 25.1 Å². The van der Waals surface area contributed by atoms with Gasteiger partial charge in [0.05, 0.1) is 6.54 Å². The fourth-order valence-corrected chi connectivity index (χ4v) is 2.80. The molecule has 1 N–H and O–H groups in total. The molecule has 7 heteroatoms. The van der Waals surface area contributed by atoms with Crippen molar-refractivity contribution in [2.75, 3.05) is 18.9 Å². The fourth-order valence-electron chi connectivity index (χ4n) is 2.80. The van der Waals surface area contributed by atoms with E-state index in [1.54, 1.807) is 44.3 Å². The van der Waals surface area contributed by atoms with E-state index in [0.29, 0.717) is 29.5 Å². The first-order chi connectivity index (χ1) is 13.9. The van der Waals surface area contributed by atoms with Gasteiger partial charge in [-0.1, -0.05) is 41.1 Å². The number of hydrogen-bond donors (Lipinski definition) is 1. The number of aromatic nitrogens is 1. The maximum atomic E-state index is 12.7. The summed E-state index contributed by atoms with van der Waals surface area (Å²) in [6, 6.07) is 16.6. The number of amides is 2. The molecule has 29 heavy (non-hydrogen) atoms. The van der Waals surface area contributed by atoms with Crippen LogP contribution in [-0.4, -0.2) is 35.5 Å². The van der Waals surface area contributed by atoms with Crippen LogP contribution < -0.4 is 10.1 Å². The second-order valence-corrected chi connectivity index (χ2v) is 6.84. The van der Waals surface area contributed by atoms with Gasteiger partial charge in [0.2, 0.25) is 5.91 Å². The van der Waals surface area contributed by atoms with Crippen molar-refractivity contribution in [1.29, 1.82) is 0 Å². The molecule has 3 rings (SSSR count). The van der Waals surface area contributed by atoms with E-state index in [-0.39, 0.29) is 18.4 Å². The van der Waals surface area contributed by atoms with Gasteiger partial charge in [-0.3, -0.25) is 9.59 Å². The van der Waals surface area contributed by atoms with Gasteiger partial charge >= 0.3 is 0 Å². The molecular weight excluding hydrogens is 370 g/mol. The summed E-state index contributed by atoms with van der Waals surface area (Å²) in [6.07, 6.45) is 0. The van der Waals surface area contributed by atoms with E-state index in [1.165, 1.54) is 4.90 Å². The van der Waals surface area contributed by atoms with Crippen molar-refractivity contribution in [2.24, 2.45) is 0 Å². The van der Waals surface area contributed by atoms with Gasteiger partial charge in [0, 0.05) is 18.7 Å². The third-order valence-corrected chi connectivity index (χ3v) is 4.19. The quantitative estimate of drug-likeness (QED) is 0.663. The maximum Gasteiger partial charge on any atom is 0.254 e. The molecule has 1 aromatic heterocycles. The van der Waals surface area contributed by atoms with E-state index >= 15 is 0 Å². The minimum absolute atomic E-state index is 0.112. The predicted octanol–water partition coefficient (Wildman–Crippen LogP) is 3.58. The first kappa shape index (κ1) is 20.1. The van der Waals surface area contributed by atoms with Gasteiger partial charge in [-0.05, 0) is 37.6 Å². The second kappa shape index (κ2) is 9.05. The highest BCUT2D eigenvalue weighted by atomic mass is 16.5. The Bertz CT molecular complexity index is 1010. The number of hydrogen-bond acceptors (Lipinski definition) is 5. The number of ether oxygens (including phenoxy) is 1. The van der Waals surface area contributed by atoms with Crippen molar-refractivity contribution in [1.82, 2.24) is 10.1 Å². The topological polar surface area (TPSA) is 84.7 Å². The van der Waals surface area contributed by atoms with Crippen LogP contribution in [0.15, 0.2) is 59.1 Å². The molecule has 0 radical (unpaired) electrons. The molecule has 150 valence electrons. The van der Waals surface area contributed by atoms with Gasteiger partial charge in [-0.2, -0.15) is 0 Å². The van der Waals surface area contributed by atoms with Crippen LogP contribution in [0.1, 0.15) is 27.2 Å². The molecule has 0 atom stereocenters. The molecule has 0 bridgehead atoms. The Balaban J connectivity index is 1.58. The standard InChI is InChI=1S/C22H23N3O4/c1-15-6-4-7-17(10-15)14-28-19-9-5-8-18(12-19)22(27)25(3)13-21(26)23-20-11-16(2)29-24-20/h4-12H,13-14H2,1-3H3,(H,23,24,26). The van der Waals surface area contributed by atoms with Gasteiger partial charge in [0.15, 0.2) is 5.82 Å². The molecule has 0 saturated heterocycles. The molecule has 1 heterocycles. The number of benzene rings is 2. The van der Waals surface area contributed by atoms with Crippen LogP contribution in [0.5, 0.6) is 5.75 Å². The fraction of sp³-hybridized carbons (Fsp3) is 0.227. The van der Waals surface area contributed by atoms with Crippen molar-refractivity contribution >= 4 is 17.6 Å². The van der Waals surface area contributed by atoms with E-state index in [4.69, 9.17) is 9.26 Å². The predicted molar refractivity (Wildman–Crippen MR) is 109 cm³/mol. The summed E-state index contributed by atoms with van der Waals surface area (Å²) in [6.45, 7) is 4.05. The molecule has 0 aliphatic rings. The molecule has 0 aliphatic carbocycles. The molecule has 0 aliphatic heterocycles. The van der Waals surface area contributed by atoms with Crippen LogP contribution in [-0.2, 0) is 11.4 Å². The lowest BCUT2D eigenvalue weighted by molar-refractivity contribution is -0.116. The maximum absolute atomic E-state index is 12.7. The second-order valence-electron chi connectivity index (χ2n) is 6.84. The molecule has 2 aromatic carbocycles. The number of rotatable bonds is 7. The third-order valence-electron chi connectivity index (χ3n) is 4.19. The van der Waals surface area contributed by atoms with Crippen LogP contribution in [0.4, 0.5) is 5.82 Å². The highest BCUT2D eigenvalue weighted by molar-refractivity contribution is 5.99. The first-order valence-corrected chi connectivity index (χ1v) is 9.18. The number of anilines is 1. The van der Waals surface area contributed by atoms with Crippen LogP contribution in [0, 0.1) is 13.8 Å². The molecule has 3 aromatic rings. The van der Waals surface area contributed by atoms with E-state index in [2.05, 4.69) is 16.5 Å². The number of aryl methyl sites for hydroxylation is 2. The zero-order chi connectivity index (χ0) is 20.8. The first-order valence-electron chi connectivity index (χ1n) is 9.18. The highest BCUT2D eigenvalue weighted by Gasteiger charge is 2.16. The van der Waals surface area contributed by atoms with Crippen molar-refractivity contribution < 1.29 is 18.8 Å². The average molecular weight is 393 g/mol. The summed E-state index contributed by atoms with van der Waals surface area (Å²) in [5.41, 5.74) is 2.66. The van der Waals surface area contributed by atoms with Gasteiger partial charge in [-0.25, -0.2) is 0 Å². The molecule has 0 saturated carbocycles. The molecular formula is C22H23N3O4. The lowest BCUT2D eigenvalue weighted by Crippen LogP contribution is -2.35. The Morgan fingerprint density at radius 1 is 1.10 bits per heavy atom. The normalized spacial score (nSPS) is 10.4.